The van der Waals surface area contributed by atoms with Gasteiger partial charge in [-0.1, -0.05) is 33.1 Å². The predicted octanol–water partition coefficient (Wildman–Crippen LogP) is 0.772. The molecule has 11 heteroatoms. The molecule has 6 N–H and O–H groups in total. The first-order valence-electron chi connectivity index (χ1n) is 11.1. The van der Waals surface area contributed by atoms with Crippen LogP contribution < -0.4 is 21.7 Å². The van der Waals surface area contributed by atoms with Crippen LogP contribution in [0, 0.1) is 11.8 Å². The van der Waals surface area contributed by atoms with Gasteiger partial charge in [-0.25, -0.2) is 4.79 Å². The fourth-order valence-electron chi connectivity index (χ4n) is 3.74. The highest BCUT2D eigenvalue weighted by molar-refractivity contribution is 7.98. The van der Waals surface area contributed by atoms with E-state index in [9.17, 15) is 24.3 Å². The van der Waals surface area contributed by atoms with Crippen LogP contribution in [0.1, 0.15) is 52.4 Å². The number of thiol groups is 1. The fourth-order valence-corrected chi connectivity index (χ4v) is 4.38. The summed E-state index contributed by atoms with van der Waals surface area (Å²) in [7, 11) is 0. The summed E-state index contributed by atoms with van der Waals surface area (Å²) in [5.74, 6) is -2.19. The number of carboxylic acid groups (broad SMARTS) is 1. The standard InChI is InChI=1S/C21H38N4O5S2/c1-12(2)16(24-18(26)14(22)11-31)19(27)25-17(13-7-5-4-6-8-13)20(28)23-15(21(29)30)9-10-32-3/h12-17,31H,4-11,22H2,1-3H3,(H,23,28)(H,24,26)(H,25,27)(H,29,30)/t14-,15-,16-,17?/m0/s1. The average molecular weight is 491 g/mol. The molecule has 1 fully saturated rings. The summed E-state index contributed by atoms with van der Waals surface area (Å²) in [4.78, 5) is 50.0. The molecule has 0 aromatic rings. The first kappa shape index (κ1) is 28.6. The molecule has 0 aromatic heterocycles. The molecule has 0 bridgehead atoms. The molecule has 0 aliphatic heterocycles. The molecule has 1 saturated carbocycles. The number of nitrogens with one attached hydrogen (secondary N) is 3. The van der Waals surface area contributed by atoms with Crippen molar-refractivity contribution >= 4 is 48.1 Å². The van der Waals surface area contributed by atoms with Crippen LogP contribution in [0.2, 0.25) is 0 Å². The van der Waals surface area contributed by atoms with Crippen LogP contribution in [0.25, 0.3) is 0 Å². The molecule has 0 radical (unpaired) electrons. The molecule has 0 heterocycles. The highest BCUT2D eigenvalue weighted by atomic mass is 32.2. The lowest BCUT2D eigenvalue weighted by Gasteiger charge is -2.33. The zero-order valence-electron chi connectivity index (χ0n) is 19.1. The Morgan fingerprint density at radius 1 is 1.03 bits per heavy atom. The Morgan fingerprint density at radius 2 is 1.66 bits per heavy atom. The van der Waals surface area contributed by atoms with Gasteiger partial charge in [-0.05, 0) is 43.1 Å². The van der Waals surface area contributed by atoms with Gasteiger partial charge in [0, 0.05) is 5.75 Å². The minimum absolute atomic E-state index is 0.0918. The van der Waals surface area contributed by atoms with Gasteiger partial charge in [0.2, 0.25) is 17.7 Å². The SMILES string of the molecule is CSCC[C@H](NC(=O)C(NC(=O)[C@@H](NC(=O)[C@@H](N)CS)C(C)C)C1CCCCC1)C(=O)O. The summed E-state index contributed by atoms with van der Waals surface area (Å²) >= 11 is 5.51. The number of aliphatic carboxylic acids is 1. The lowest BCUT2D eigenvalue weighted by Crippen LogP contribution is -2.60. The Balaban J connectivity index is 3.01. The maximum atomic E-state index is 13.1. The van der Waals surface area contributed by atoms with E-state index in [0.29, 0.717) is 12.2 Å². The molecular formula is C21H38N4O5S2. The third kappa shape index (κ3) is 9.19. The van der Waals surface area contributed by atoms with Crippen molar-refractivity contribution in [2.45, 2.75) is 76.5 Å². The highest BCUT2D eigenvalue weighted by Gasteiger charge is 2.36. The summed E-state index contributed by atoms with van der Waals surface area (Å²) in [6.45, 7) is 3.57. The van der Waals surface area contributed by atoms with E-state index in [1.807, 2.05) is 6.26 Å². The summed E-state index contributed by atoms with van der Waals surface area (Å²) < 4.78 is 0. The van der Waals surface area contributed by atoms with Crippen LogP contribution in [0.4, 0.5) is 0 Å². The van der Waals surface area contributed by atoms with Crippen molar-refractivity contribution in [3.63, 3.8) is 0 Å². The number of carboxylic acids is 1. The van der Waals surface area contributed by atoms with E-state index in [-0.39, 0.29) is 17.6 Å². The maximum absolute atomic E-state index is 13.1. The smallest absolute Gasteiger partial charge is 0.326 e. The summed E-state index contributed by atoms with van der Waals surface area (Å²) in [5, 5.41) is 17.5. The van der Waals surface area contributed by atoms with Gasteiger partial charge < -0.3 is 26.8 Å². The minimum Gasteiger partial charge on any atom is -0.480 e. The van der Waals surface area contributed by atoms with Gasteiger partial charge >= 0.3 is 5.97 Å². The Hall–Kier alpha value is -1.46. The van der Waals surface area contributed by atoms with Gasteiger partial charge in [0.25, 0.3) is 0 Å². The van der Waals surface area contributed by atoms with Crippen molar-refractivity contribution in [2.24, 2.45) is 17.6 Å². The molecule has 1 unspecified atom stereocenters. The van der Waals surface area contributed by atoms with E-state index in [1.165, 1.54) is 11.8 Å². The highest BCUT2D eigenvalue weighted by Crippen LogP contribution is 2.27. The Bertz CT molecular complexity index is 644. The molecule has 1 aliphatic carbocycles. The van der Waals surface area contributed by atoms with Crippen LogP contribution >= 0.6 is 24.4 Å². The third-order valence-electron chi connectivity index (χ3n) is 5.71. The topological polar surface area (TPSA) is 151 Å². The zero-order chi connectivity index (χ0) is 24.3. The number of rotatable bonds is 13. The van der Waals surface area contributed by atoms with Crippen LogP contribution in [-0.4, -0.2) is 70.7 Å². The monoisotopic (exact) mass is 490 g/mol. The van der Waals surface area contributed by atoms with E-state index in [4.69, 9.17) is 5.73 Å². The average Bonchev–Trinajstić information content (AvgIpc) is 2.77. The normalized spacial score (nSPS) is 18.3. The fraction of sp³-hybridized carbons (Fsp3) is 0.810. The summed E-state index contributed by atoms with van der Waals surface area (Å²) in [5.41, 5.74) is 5.71. The van der Waals surface area contributed by atoms with Crippen molar-refractivity contribution in [1.29, 1.82) is 0 Å². The maximum Gasteiger partial charge on any atom is 0.326 e. The third-order valence-corrected chi connectivity index (χ3v) is 6.74. The van der Waals surface area contributed by atoms with Gasteiger partial charge in [-0.2, -0.15) is 24.4 Å². The summed E-state index contributed by atoms with van der Waals surface area (Å²) in [6, 6.07) is -3.61. The zero-order valence-corrected chi connectivity index (χ0v) is 20.8. The molecule has 1 rings (SSSR count). The largest absolute Gasteiger partial charge is 0.480 e. The number of carbonyl (C=O) groups is 4. The number of amides is 3. The van der Waals surface area contributed by atoms with Crippen molar-refractivity contribution < 1.29 is 24.3 Å². The quantitative estimate of drug-likeness (QED) is 0.209. The predicted molar refractivity (Wildman–Crippen MR) is 130 cm³/mol. The number of carbonyl (C=O) groups excluding carboxylic acids is 3. The second kappa shape index (κ2) is 14.6. The van der Waals surface area contributed by atoms with E-state index in [1.54, 1.807) is 13.8 Å². The van der Waals surface area contributed by atoms with Crippen molar-refractivity contribution in [3.8, 4) is 0 Å². The Morgan fingerprint density at radius 3 is 2.16 bits per heavy atom. The number of thioether (sulfide) groups is 1. The molecule has 0 saturated heterocycles. The van der Waals surface area contributed by atoms with Gasteiger partial charge in [-0.15, -0.1) is 0 Å². The van der Waals surface area contributed by atoms with Gasteiger partial charge in [-0.3, -0.25) is 14.4 Å². The van der Waals surface area contributed by atoms with E-state index in [0.717, 1.165) is 32.1 Å². The molecule has 184 valence electrons. The van der Waals surface area contributed by atoms with Crippen LogP contribution in [0.5, 0.6) is 0 Å². The summed E-state index contributed by atoms with van der Waals surface area (Å²) in [6.07, 6.45) is 6.65. The Labute approximate surface area is 200 Å². The molecular weight excluding hydrogens is 452 g/mol. The number of hydrogen-bond donors (Lipinski definition) is 6. The second-order valence-electron chi connectivity index (χ2n) is 8.58. The molecule has 32 heavy (non-hydrogen) atoms. The first-order valence-corrected chi connectivity index (χ1v) is 13.1. The van der Waals surface area contributed by atoms with Gasteiger partial charge in [0.05, 0.1) is 6.04 Å². The van der Waals surface area contributed by atoms with Crippen molar-refractivity contribution in [2.75, 3.05) is 17.8 Å². The van der Waals surface area contributed by atoms with Crippen LogP contribution in [-0.2, 0) is 19.2 Å². The molecule has 4 atom stereocenters. The second-order valence-corrected chi connectivity index (χ2v) is 9.94. The number of hydrogen-bond acceptors (Lipinski definition) is 7. The lowest BCUT2D eigenvalue weighted by molar-refractivity contribution is -0.142. The van der Waals surface area contributed by atoms with E-state index >= 15 is 0 Å². The van der Waals surface area contributed by atoms with Gasteiger partial charge in [0.15, 0.2) is 0 Å². The molecule has 9 nitrogen and oxygen atoms in total. The molecule has 3 amide bonds. The molecule has 0 aromatic carbocycles. The molecule has 0 spiro atoms. The lowest BCUT2D eigenvalue weighted by atomic mass is 9.83. The molecule has 1 aliphatic rings. The Kier molecular flexibility index (Phi) is 13.1. The van der Waals surface area contributed by atoms with Crippen LogP contribution in [0.3, 0.4) is 0 Å². The van der Waals surface area contributed by atoms with Crippen molar-refractivity contribution in [1.82, 2.24) is 16.0 Å². The first-order chi connectivity index (χ1) is 15.1. The van der Waals surface area contributed by atoms with Crippen LogP contribution in [0.15, 0.2) is 0 Å². The van der Waals surface area contributed by atoms with E-state index < -0.39 is 47.9 Å². The minimum atomic E-state index is -1.10. The van der Waals surface area contributed by atoms with E-state index in [2.05, 4.69) is 28.6 Å². The van der Waals surface area contributed by atoms with Crippen molar-refractivity contribution in [3.05, 3.63) is 0 Å². The van der Waals surface area contributed by atoms with Gasteiger partial charge in [0.1, 0.15) is 18.1 Å². The number of nitrogens with two attached hydrogens (primary N) is 1.